The summed E-state index contributed by atoms with van der Waals surface area (Å²) in [6.07, 6.45) is 10.00. The molecule has 0 spiro atoms. The molecule has 3 fully saturated rings. The molecular weight excluding hydrogens is 250 g/mol. The number of rotatable bonds is 3. The van der Waals surface area contributed by atoms with Gasteiger partial charge in [-0.1, -0.05) is 12.8 Å². The Hall–Kier alpha value is -0.870. The van der Waals surface area contributed by atoms with Crippen LogP contribution in [0.15, 0.2) is 12.3 Å². The van der Waals surface area contributed by atoms with Crippen molar-refractivity contribution in [1.29, 1.82) is 0 Å². The molecule has 20 heavy (non-hydrogen) atoms. The highest BCUT2D eigenvalue weighted by Crippen LogP contribution is 2.35. The minimum Gasteiger partial charge on any atom is -0.378 e. The molecule has 110 valence electrons. The third kappa shape index (κ3) is 2.29. The van der Waals surface area contributed by atoms with Crippen LogP contribution in [0, 0.1) is 0 Å². The first-order valence-corrected chi connectivity index (χ1v) is 8.27. The lowest BCUT2D eigenvalue weighted by atomic mass is 9.92. The highest BCUT2D eigenvalue weighted by atomic mass is 16.5. The normalized spacial score (nSPS) is 27.0. The van der Waals surface area contributed by atoms with Crippen molar-refractivity contribution < 1.29 is 4.74 Å². The Labute approximate surface area is 121 Å². The van der Waals surface area contributed by atoms with Crippen LogP contribution in [0.2, 0.25) is 0 Å². The van der Waals surface area contributed by atoms with E-state index in [0.29, 0.717) is 12.1 Å². The lowest BCUT2D eigenvalue weighted by Crippen LogP contribution is -2.51. The lowest BCUT2D eigenvalue weighted by molar-refractivity contribution is -0.0714. The van der Waals surface area contributed by atoms with Crippen LogP contribution in [0.1, 0.15) is 56.2 Å². The zero-order valence-electron chi connectivity index (χ0n) is 12.2. The minimum atomic E-state index is 0.679. The molecule has 1 saturated carbocycles. The molecule has 0 N–H and O–H groups in total. The molecular formula is C16H25N3O. The lowest BCUT2D eigenvalue weighted by Gasteiger charge is -2.41. The summed E-state index contributed by atoms with van der Waals surface area (Å²) in [7, 11) is 0. The molecule has 0 radical (unpaired) electrons. The standard InChI is InChI=1S/C16H25N3O/c1-2-4-14(3-1)19-16(5-8-17-19)13-6-9-18(10-7-13)15-11-20-12-15/h5,8,13-15H,1-4,6-7,9-12H2. The molecule has 4 rings (SSSR count). The molecule has 2 saturated heterocycles. The first-order chi connectivity index (χ1) is 9.92. The van der Waals surface area contributed by atoms with Crippen LogP contribution in [-0.4, -0.2) is 47.0 Å². The van der Waals surface area contributed by atoms with E-state index in [1.165, 1.54) is 57.3 Å². The molecule has 0 bridgehead atoms. The summed E-state index contributed by atoms with van der Waals surface area (Å²) < 4.78 is 7.68. The Balaban J connectivity index is 1.42. The average molecular weight is 275 g/mol. The molecule has 4 heteroatoms. The summed E-state index contributed by atoms with van der Waals surface area (Å²) in [5, 5.41) is 4.64. The summed E-state index contributed by atoms with van der Waals surface area (Å²) in [5.74, 6) is 0.718. The van der Waals surface area contributed by atoms with Crippen LogP contribution in [0.4, 0.5) is 0 Å². The van der Waals surface area contributed by atoms with Gasteiger partial charge in [-0.15, -0.1) is 0 Å². The zero-order chi connectivity index (χ0) is 13.4. The molecule has 0 aromatic carbocycles. The Morgan fingerprint density at radius 3 is 2.40 bits per heavy atom. The molecule has 1 aromatic rings. The van der Waals surface area contributed by atoms with Gasteiger partial charge < -0.3 is 4.74 Å². The van der Waals surface area contributed by atoms with Gasteiger partial charge in [-0.2, -0.15) is 5.10 Å². The molecule has 1 aliphatic carbocycles. The second kappa shape index (κ2) is 5.49. The summed E-state index contributed by atoms with van der Waals surface area (Å²) in [6, 6.07) is 3.65. The van der Waals surface area contributed by atoms with Gasteiger partial charge in [-0.3, -0.25) is 9.58 Å². The second-order valence-corrected chi connectivity index (χ2v) is 6.64. The number of piperidine rings is 1. The van der Waals surface area contributed by atoms with E-state index in [-0.39, 0.29) is 0 Å². The molecule has 3 heterocycles. The van der Waals surface area contributed by atoms with Crippen LogP contribution < -0.4 is 0 Å². The van der Waals surface area contributed by atoms with Crippen LogP contribution in [0.3, 0.4) is 0 Å². The van der Waals surface area contributed by atoms with Crippen molar-refractivity contribution in [2.75, 3.05) is 26.3 Å². The van der Waals surface area contributed by atoms with E-state index in [9.17, 15) is 0 Å². The molecule has 0 amide bonds. The van der Waals surface area contributed by atoms with E-state index in [0.717, 1.165) is 19.1 Å². The fourth-order valence-electron chi connectivity index (χ4n) is 4.10. The highest BCUT2D eigenvalue weighted by molar-refractivity contribution is 5.11. The van der Waals surface area contributed by atoms with Crippen molar-refractivity contribution in [3.05, 3.63) is 18.0 Å². The van der Waals surface area contributed by atoms with Crippen molar-refractivity contribution in [2.24, 2.45) is 0 Å². The van der Waals surface area contributed by atoms with Gasteiger partial charge in [-0.25, -0.2) is 0 Å². The van der Waals surface area contributed by atoms with Gasteiger partial charge in [0.1, 0.15) is 0 Å². The maximum atomic E-state index is 5.32. The first-order valence-electron chi connectivity index (χ1n) is 8.27. The third-order valence-electron chi connectivity index (χ3n) is 5.46. The van der Waals surface area contributed by atoms with Gasteiger partial charge in [0, 0.05) is 17.8 Å². The zero-order valence-corrected chi connectivity index (χ0v) is 12.2. The van der Waals surface area contributed by atoms with Gasteiger partial charge in [0.15, 0.2) is 0 Å². The number of nitrogens with zero attached hydrogens (tertiary/aromatic N) is 3. The van der Waals surface area contributed by atoms with E-state index in [1.54, 1.807) is 0 Å². The van der Waals surface area contributed by atoms with Crippen molar-refractivity contribution in [3.8, 4) is 0 Å². The second-order valence-electron chi connectivity index (χ2n) is 6.64. The first kappa shape index (κ1) is 12.8. The maximum absolute atomic E-state index is 5.32. The number of likely N-dealkylation sites (tertiary alicyclic amines) is 1. The Morgan fingerprint density at radius 2 is 1.75 bits per heavy atom. The van der Waals surface area contributed by atoms with E-state index in [4.69, 9.17) is 4.74 Å². The number of hydrogen-bond acceptors (Lipinski definition) is 3. The summed E-state index contributed by atoms with van der Waals surface area (Å²) in [4.78, 5) is 2.62. The average Bonchev–Trinajstić information content (AvgIpc) is 3.08. The van der Waals surface area contributed by atoms with Gasteiger partial charge in [0.25, 0.3) is 0 Å². The largest absolute Gasteiger partial charge is 0.378 e. The molecule has 0 atom stereocenters. The van der Waals surface area contributed by atoms with Crippen molar-refractivity contribution in [3.63, 3.8) is 0 Å². The van der Waals surface area contributed by atoms with Gasteiger partial charge in [0.2, 0.25) is 0 Å². The number of aromatic nitrogens is 2. The van der Waals surface area contributed by atoms with E-state index < -0.39 is 0 Å². The molecule has 3 aliphatic rings. The van der Waals surface area contributed by atoms with Gasteiger partial charge >= 0.3 is 0 Å². The third-order valence-corrected chi connectivity index (χ3v) is 5.46. The van der Waals surface area contributed by atoms with E-state index in [1.807, 2.05) is 6.20 Å². The van der Waals surface area contributed by atoms with Crippen LogP contribution in [0.5, 0.6) is 0 Å². The molecule has 1 aromatic heterocycles. The fourth-order valence-corrected chi connectivity index (χ4v) is 4.10. The minimum absolute atomic E-state index is 0.679. The highest BCUT2D eigenvalue weighted by Gasteiger charge is 2.31. The number of hydrogen-bond donors (Lipinski definition) is 0. The predicted molar refractivity (Wildman–Crippen MR) is 77.9 cm³/mol. The van der Waals surface area contributed by atoms with E-state index >= 15 is 0 Å². The summed E-state index contributed by atoms with van der Waals surface area (Å²) >= 11 is 0. The van der Waals surface area contributed by atoms with Crippen molar-refractivity contribution >= 4 is 0 Å². The van der Waals surface area contributed by atoms with E-state index in [2.05, 4.69) is 20.7 Å². The molecule has 0 unspecified atom stereocenters. The Bertz CT molecular complexity index is 440. The molecule has 4 nitrogen and oxygen atoms in total. The van der Waals surface area contributed by atoms with Gasteiger partial charge in [0.05, 0.1) is 25.3 Å². The van der Waals surface area contributed by atoms with Gasteiger partial charge in [-0.05, 0) is 44.8 Å². The monoisotopic (exact) mass is 275 g/mol. The van der Waals surface area contributed by atoms with Crippen molar-refractivity contribution in [1.82, 2.24) is 14.7 Å². The quantitative estimate of drug-likeness (QED) is 0.849. The van der Waals surface area contributed by atoms with Crippen LogP contribution in [0.25, 0.3) is 0 Å². The topological polar surface area (TPSA) is 30.3 Å². The predicted octanol–water partition coefficient (Wildman–Crippen LogP) is 2.58. The maximum Gasteiger partial charge on any atom is 0.0645 e. The Morgan fingerprint density at radius 1 is 1.00 bits per heavy atom. The van der Waals surface area contributed by atoms with Crippen LogP contribution in [-0.2, 0) is 4.74 Å². The fraction of sp³-hybridized carbons (Fsp3) is 0.812. The summed E-state index contributed by atoms with van der Waals surface area (Å²) in [6.45, 7) is 4.36. The van der Waals surface area contributed by atoms with Crippen LogP contribution >= 0.6 is 0 Å². The molecule has 2 aliphatic heterocycles. The number of ether oxygens (including phenoxy) is 1. The van der Waals surface area contributed by atoms with Crippen molar-refractivity contribution in [2.45, 2.75) is 56.5 Å². The SMILES string of the molecule is c1cc(C2CCN(C3COC3)CC2)n(C2CCCC2)n1. The summed E-state index contributed by atoms with van der Waals surface area (Å²) in [5.41, 5.74) is 1.50. The Kier molecular flexibility index (Phi) is 3.52. The smallest absolute Gasteiger partial charge is 0.0645 e.